The van der Waals surface area contributed by atoms with E-state index in [1.54, 1.807) is 6.07 Å². The van der Waals surface area contributed by atoms with E-state index in [9.17, 15) is 13.2 Å². The van der Waals surface area contributed by atoms with Crippen LogP contribution in [0.4, 0.5) is 4.79 Å². The van der Waals surface area contributed by atoms with E-state index in [-0.39, 0.29) is 16.0 Å². The van der Waals surface area contributed by atoms with Crippen molar-refractivity contribution < 1.29 is 23.1 Å². The lowest BCUT2D eigenvalue weighted by molar-refractivity contribution is 0.193. The van der Waals surface area contributed by atoms with Crippen LogP contribution in [0, 0.1) is 0 Å². The van der Waals surface area contributed by atoms with E-state index < -0.39 is 15.9 Å². The van der Waals surface area contributed by atoms with Crippen molar-refractivity contribution in [3.63, 3.8) is 0 Å². The van der Waals surface area contributed by atoms with Gasteiger partial charge < -0.3 is 9.84 Å². The molecule has 0 atom stereocenters. The van der Waals surface area contributed by atoms with Crippen molar-refractivity contribution in [3.8, 4) is 5.88 Å². The summed E-state index contributed by atoms with van der Waals surface area (Å²) in [6.07, 6.45) is 1.58. The van der Waals surface area contributed by atoms with Crippen molar-refractivity contribution in [2.24, 2.45) is 0 Å². The third-order valence-corrected chi connectivity index (χ3v) is 5.69. The number of sulfone groups is 1. The highest BCUT2D eigenvalue weighted by molar-refractivity contribution is 7.92. The maximum Gasteiger partial charge on any atom is 0.418 e. The quantitative estimate of drug-likeness (QED) is 0.937. The molecule has 0 bridgehead atoms. The smallest absolute Gasteiger partial charge is 0.418 e. The number of aromatic nitrogens is 1. The first-order chi connectivity index (χ1) is 9.45. The van der Waals surface area contributed by atoms with Crippen LogP contribution in [-0.2, 0) is 9.84 Å². The lowest BCUT2D eigenvalue weighted by Crippen LogP contribution is -2.07. The van der Waals surface area contributed by atoms with Crippen LogP contribution in [0.15, 0.2) is 29.3 Å². The Morgan fingerprint density at radius 1 is 1.40 bits per heavy atom. The Balaban J connectivity index is 2.19. The van der Waals surface area contributed by atoms with Gasteiger partial charge >= 0.3 is 6.09 Å². The Bertz CT molecular complexity index is 802. The van der Waals surface area contributed by atoms with Crippen LogP contribution in [0.25, 0.3) is 10.8 Å². The minimum absolute atomic E-state index is 0.183. The van der Waals surface area contributed by atoms with Gasteiger partial charge in [-0.15, -0.1) is 0 Å². The van der Waals surface area contributed by atoms with Crippen LogP contribution in [-0.4, -0.2) is 36.5 Å². The summed E-state index contributed by atoms with van der Waals surface area (Å²) in [5.74, 6) is 0.183. The van der Waals surface area contributed by atoms with Crippen LogP contribution >= 0.6 is 0 Å². The van der Waals surface area contributed by atoms with Crippen molar-refractivity contribution in [3.05, 3.63) is 24.4 Å². The fourth-order valence-electron chi connectivity index (χ4n) is 2.27. The third kappa shape index (κ3) is 1.85. The number of carbonyl (C=O) groups is 1. The summed E-state index contributed by atoms with van der Waals surface area (Å²) < 4.78 is 30.4. The molecular formula is C13H13NO5S. The molecule has 1 saturated carbocycles. The van der Waals surface area contributed by atoms with Gasteiger partial charge in [0.15, 0.2) is 9.84 Å². The summed E-state index contributed by atoms with van der Waals surface area (Å²) in [7, 11) is -1.91. The largest absolute Gasteiger partial charge is 0.481 e. The van der Waals surface area contributed by atoms with Gasteiger partial charge in [-0.2, -0.15) is 0 Å². The molecule has 1 N–H and O–H groups in total. The standard InChI is InChI=1S/C13H13NO5S/c1-19-12-11-5-4-10(20(17,18)9-2-3-9)6-8(11)7-14(12)13(15)16/h4-7,9H,2-3H2,1H3,(H,15,16). The SMILES string of the molecule is COc1c2ccc(S(=O)(=O)C3CC3)cc2cn1C(=O)O. The Morgan fingerprint density at radius 2 is 2.10 bits per heavy atom. The van der Waals surface area contributed by atoms with Crippen molar-refractivity contribution >= 4 is 26.7 Å². The average Bonchev–Trinajstić information content (AvgIpc) is 3.19. The van der Waals surface area contributed by atoms with Crippen LogP contribution in [0.3, 0.4) is 0 Å². The number of carboxylic acid groups (broad SMARTS) is 1. The number of fused-ring (bicyclic) bond motifs is 1. The highest BCUT2D eigenvalue weighted by Gasteiger charge is 2.37. The number of nitrogens with zero attached hydrogens (tertiary/aromatic N) is 1. The second kappa shape index (κ2) is 4.24. The number of hydrogen-bond donors (Lipinski definition) is 1. The lowest BCUT2D eigenvalue weighted by Gasteiger charge is -2.03. The van der Waals surface area contributed by atoms with Gasteiger partial charge in [0.1, 0.15) is 0 Å². The summed E-state index contributed by atoms with van der Waals surface area (Å²) in [4.78, 5) is 11.3. The molecule has 0 radical (unpaired) electrons. The molecule has 0 aliphatic heterocycles. The Kier molecular flexibility index (Phi) is 2.75. The summed E-state index contributed by atoms with van der Waals surface area (Å²) in [5, 5.41) is 9.91. The fraction of sp³-hybridized carbons (Fsp3) is 0.308. The van der Waals surface area contributed by atoms with Gasteiger partial charge in [0, 0.05) is 17.0 Å². The van der Waals surface area contributed by atoms with Crippen molar-refractivity contribution in [2.45, 2.75) is 23.0 Å². The van der Waals surface area contributed by atoms with E-state index in [0.29, 0.717) is 23.6 Å². The van der Waals surface area contributed by atoms with Crippen LogP contribution < -0.4 is 4.74 Å². The molecule has 0 saturated heterocycles. The van der Waals surface area contributed by atoms with E-state index in [4.69, 9.17) is 9.84 Å². The zero-order chi connectivity index (χ0) is 14.5. The predicted molar refractivity (Wildman–Crippen MR) is 72.1 cm³/mol. The predicted octanol–water partition coefficient (Wildman–Crippen LogP) is 2.11. The van der Waals surface area contributed by atoms with E-state index in [1.807, 2.05) is 0 Å². The zero-order valence-electron chi connectivity index (χ0n) is 10.7. The minimum atomic E-state index is -3.29. The second-order valence-electron chi connectivity index (χ2n) is 4.78. The van der Waals surface area contributed by atoms with Gasteiger partial charge in [0.2, 0.25) is 5.88 Å². The lowest BCUT2D eigenvalue weighted by atomic mass is 10.2. The van der Waals surface area contributed by atoms with Crippen molar-refractivity contribution in [1.82, 2.24) is 4.57 Å². The molecule has 3 rings (SSSR count). The molecule has 1 aliphatic rings. The van der Waals surface area contributed by atoms with E-state index in [1.165, 1.54) is 25.4 Å². The first-order valence-corrected chi connectivity index (χ1v) is 7.66. The molecule has 1 heterocycles. The number of rotatable bonds is 3. The highest BCUT2D eigenvalue weighted by Crippen LogP contribution is 2.36. The Morgan fingerprint density at radius 3 is 2.65 bits per heavy atom. The summed E-state index contributed by atoms with van der Waals surface area (Å²) in [6.45, 7) is 0. The monoisotopic (exact) mass is 295 g/mol. The normalized spacial score (nSPS) is 15.4. The van der Waals surface area contributed by atoms with Gasteiger partial charge in [-0.25, -0.2) is 17.8 Å². The van der Waals surface area contributed by atoms with Crippen LogP contribution in [0.2, 0.25) is 0 Å². The molecule has 0 spiro atoms. The first kappa shape index (κ1) is 13.0. The second-order valence-corrected chi connectivity index (χ2v) is 7.01. The third-order valence-electron chi connectivity index (χ3n) is 3.43. The van der Waals surface area contributed by atoms with E-state index >= 15 is 0 Å². The topological polar surface area (TPSA) is 85.6 Å². The molecule has 6 nitrogen and oxygen atoms in total. The number of benzene rings is 1. The number of methoxy groups -OCH3 is 1. The number of hydrogen-bond acceptors (Lipinski definition) is 4. The zero-order valence-corrected chi connectivity index (χ0v) is 11.6. The summed E-state index contributed by atoms with van der Waals surface area (Å²) in [5.41, 5.74) is 0. The van der Waals surface area contributed by atoms with E-state index in [2.05, 4.69) is 0 Å². The molecule has 20 heavy (non-hydrogen) atoms. The molecule has 1 aromatic heterocycles. The van der Waals surface area contributed by atoms with Crippen molar-refractivity contribution in [1.29, 1.82) is 0 Å². The molecule has 7 heteroatoms. The number of ether oxygens (including phenoxy) is 1. The van der Waals surface area contributed by atoms with Crippen molar-refractivity contribution in [2.75, 3.05) is 7.11 Å². The average molecular weight is 295 g/mol. The molecule has 1 fully saturated rings. The van der Waals surface area contributed by atoms with Crippen LogP contribution in [0.5, 0.6) is 5.88 Å². The molecule has 0 amide bonds. The van der Waals surface area contributed by atoms with Gasteiger partial charge in [-0.3, -0.25) is 0 Å². The Labute approximate surface area is 115 Å². The molecule has 2 aromatic rings. The van der Waals surface area contributed by atoms with Gasteiger partial charge in [0.25, 0.3) is 0 Å². The molecule has 1 aliphatic carbocycles. The fourth-order valence-corrected chi connectivity index (χ4v) is 3.96. The molecular weight excluding hydrogens is 282 g/mol. The van der Waals surface area contributed by atoms with Gasteiger partial charge in [-0.1, -0.05) is 0 Å². The maximum atomic E-state index is 12.2. The minimum Gasteiger partial charge on any atom is -0.481 e. The van der Waals surface area contributed by atoms with Gasteiger partial charge in [0.05, 0.1) is 17.3 Å². The van der Waals surface area contributed by atoms with Crippen LogP contribution in [0.1, 0.15) is 12.8 Å². The summed E-state index contributed by atoms with van der Waals surface area (Å²) in [6, 6.07) is 4.60. The molecule has 106 valence electrons. The Hall–Kier alpha value is -2.02. The summed E-state index contributed by atoms with van der Waals surface area (Å²) >= 11 is 0. The highest BCUT2D eigenvalue weighted by atomic mass is 32.2. The first-order valence-electron chi connectivity index (χ1n) is 6.11. The molecule has 1 aromatic carbocycles. The molecule has 0 unspecified atom stereocenters. The van der Waals surface area contributed by atoms with E-state index in [0.717, 1.165) is 4.57 Å². The van der Waals surface area contributed by atoms with Gasteiger partial charge in [-0.05, 0) is 31.0 Å². The maximum absolute atomic E-state index is 12.2.